The number of hydrogen-bond donors (Lipinski definition) is 1. The predicted molar refractivity (Wildman–Crippen MR) is 69.2 cm³/mol. The summed E-state index contributed by atoms with van der Waals surface area (Å²) >= 11 is 0. The molecule has 1 N–H and O–H groups in total. The van der Waals surface area contributed by atoms with Crippen LogP contribution in [0.3, 0.4) is 0 Å². The normalized spacial score (nSPS) is 28.9. The summed E-state index contributed by atoms with van der Waals surface area (Å²) in [6.45, 7) is 4.73. The standard InChI is InChI=1S/C14H27NO2/c1-3-16-9-6-13(15-2)12-5-10-17-14(11-12)7-4-8-14/h12-13,15H,3-11H2,1-2H3. The highest BCUT2D eigenvalue weighted by Gasteiger charge is 2.43. The molecule has 0 aromatic rings. The van der Waals surface area contributed by atoms with E-state index in [4.69, 9.17) is 9.47 Å². The third kappa shape index (κ3) is 3.21. The van der Waals surface area contributed by atoms with Gasteiger partial charge in [-0.15, -0.1) is 0 Å². The second kappa shape index (κ2) is 6.17. The molecule has 1 aliphatic heterocycles. The topological polar surface area (TPSA) is 30.5 Å². The van der Waals surface area contributed by atoms with Crippen molar-refractivity contribution in [3.05, 3.63) is 0 Å². The second-order valence-electron chi connectivity index (χ2n) is 5.52. The van der Waals surface area contributed by atoms with Crippen LogP contribution in [0.15, 0.2) is 0 Å². The van der Waals surface area contributed by atoms with E-state index < -0.39 is 0 Å². The predicted octanol–water partition coefficient (Wildman–Crippen LogP) is 2.35. The summed E-state index contributed by atoms with van der Waals surface area (Å²) in [5, 5.41) is 3.48. The minimum absolute atomic E-state index is 0.267. The van der Waals surface area contributed by atoms with E-state index in [0.29, 0.717) is 6.04 Å². The zero-order chi connectivity index (χ0) is 12.1. The molecule has 2 fully saturated rings. The van der Waals surface area contributed by atoms with Crippen LogP contribution in [0, 0.1) is 5.92 Å². The van der Waals surface area contributed by atoms with Gasteiger partial charge in [-0.2, -0.15) is 0 Å². The van der Waals surface area contributed by atoms with Crippen molar-refractivity contribution in [2.75, 3.05) is 26.9 Å². The Bertz CT molecular complexity index is 228. The SMILES string of the molecule is CCOCCC(NC)C1CCOC2(CCC2)C1. The highest BCUT2D eigenvalue weighted by Crippen LogP contribution is 2.45. The van der Waals surface area contributed by atoms with E-state index in [-0.39, 0.29) is 5.60 Å². The third-order valence-electron chi connectivity index (χ3n) is 4.51. The lowest BCUT2D eigenvalue weighted by atomic mass is 9.70. The maximum atomic E-state index is 5.99. The van der Waals surface area contributed by atoms with Crippen molar-refractivity contribution < 1.29 is 9.47 Å². The van der Waals surface area contributed by atoms with Gasteiger partial charge in [0.2, 0.25) is 0 Å². The molecule has 100 valence electrons. The molecule has 1 heterocycles. The molecule has 0 aromatic heterocycles. The first kappa shape index (κ1) is 13.3. The Balaban J connectivity index is 1.81. The number of ether oxygens (including phenoxy) is 2. The highest BCUT2D eigenvalue weighted by atomic mass is 16.5. The molecule has 2 aliphatic rings. The summed E-state index contributed by atoms with van der Waals surface area (Å²) < 4.78 is 11.5. The van der Waals surface area contributed by atoms with Gasteiger partial charge < -0.3 is 14.8 Å². The molecule has 1 aliphatic carbocycles. The van der Waals surface area contributed by atoms with Gasteiger partial charge in [0.25, 0.3) is 0 Å². The van der Waals surface area contributed by atoms with Crippen LogP contribution in [-0.2, 0) is 9.47 Å². The molecule has 1 saturated carbocycles. The molecule has 0 radical (unpaired) electrons. The summed E-state index contributed by atoms with van der Waals surface area (Å²) in [6.07, 6.45) is 7.52. The first-order valence-electron chi connectivity index (χ1n) is 7.18. The van der Waals surface area contributed by atoms with E-state index in [2.05, 4.69) is 19.3 Å². The van der Waals surface area contributed by atoms with Crippen molar-refractivity contribution >= 4 is 0 Å². The molecular weight excluding hydrogens is 214 g/mol. The molecular formula is C14H27NO2. The molecule has 2 rings (SSSR count). The van der Waals surface area contributed by atoms with Gasteiger partial charge in [0.05, 0.1) is 5.60 Å². The fourth-order valence-electron chi connectivity index (χ4n) is 3.30. The Morgan fingerprint density at radius 1 is 1.47 bits per heavy atom. The fourth-order valence-corrected chi connectivity index (χ4v) is 3.30. The van der Waals surface area contributed by atoms with Gasteiger partial charge in [0.1, 0.15) is 0 Å². The number of hydrogen-bond acceptors (Lipinski definition) is 3. The van der Waals surface area contributed by atoms with E-state index >= 15 is 0 Å². The minimum Gasteiger partial charge on any atom is -0.382 e. The molecule has 17 heavy (non-hydrogen) atoms. The summed E-state index contributed by atoms with van der Waals surface area (Å²) in [4.78, 5) is 0. The van der Waals surface area contributed by atoms with Gasteiger partial charge in [-0.25, -0.2) is 0 Å². The molecule has 0 aromatic carbocycles. The first-order valence-corrected chi connectivity index (χ1v) is 7.18. The summed E-state index contributed by atoms with van der Waals surface area (Å²) in [5.74, 6) is 0.773. The van der Waals surface area contributed by atoms with E-state index in [1.807, 2.05) is 0 Å². The van der Waals surface area contributed by atoms with Crippen LogP contribution in [0.1, 0.15) is 45.4 Å². The summed E-state index contributed by atoms with van der Waals surface area (Å²) in [5.41, 5.74) is 0.267. The van der Waals surface area contributed by atoms with E-state index in [1.165, 1.54) is 32.1 Å². The third-order valence-corrected chi connectivity index (χ3v) is 4.51. The molecule has 0 bridgehead atoms. The Morgan fingerprint density at radius 2 is 2.29 bits per heavy atom. The maximum absolute atomic E-state index is 5.99. The van der Waals surface area contributed by atoms with E-state index in [1.54, 1.807) is 0 Å². The van der Waals surface area contributed by atoms with Crippen molar-refractivity contribution in [2.45, 2.75) is 57.1 Å². The average molecular weight is 241 g/mol. The molecule has 1 saturated heterocycles. The molecule has 3 nitrogen and oxygen atoms in total. The van der Waals surface area contributed by atoms with Crippen molar-refractivity contribution in [1.82, 2.24) is 5.32 Å². The zero-order valence-electron chi connectivity index (χ0n) is 11.3. The maximum Gasteiger partial charge on any atom is 0.0685 e. The van der Waals surface area contributed by atoms with Gasteiger partial charge in [-0.3, -0.25) is 0 Å². The Labute approximate surface area is 105 Å². The lowest BCUT2D eigenvalue weighted by molar-refractivity contribution is -0.147. The largest absolute Gasteiger partial charge is 0.382 e. The van der Waals surface area contributed by atoms with Crippen LogP contribution >= 0.6 is 0 Å². The molecule has 0 amide bonds. The Hall–Kier alpha value is -0.120. The number of rotatable bonds is 6. The highest BCUT2D eigenvalue weighted by molar-refractivity contribution is 4.96. The van der Waals surface area contributed by atoms with Crippen LogP contribution in [0.5, 0.6) is 0 Å². The molecule has 1 spiro atoms. The van der Waals surface area contributed by atoms with Gasteiger partial charge in [0, 0.05) is 25.9 Å². The van der Waals surface area contributed by atoms with Crippen LogP contribution < -0.4 is 5.32 Å². The summed E-state index contributed by atoms with van der Waals surface area (Å²) in [6, 6.07) is 0.600. The molecule has 3 heteroatoms. The van der Waals surface area contributed by atoms with E-state index in [9.17, 15) is 0 Å². The first-order chi connectivity index (χ1) is 8.29. The van der Waals surface area contributed by atoms with E-state index in [0.717, 1.165) is 32.2 Å². The van der Waals surface area contributed by atoms with Crippen LogP contribution in [0.4, 0.5) is 0 Å². The van der Waals surface area contributed by atoms with Gasteiger partial charge >= 0.3 is 0 Å². The van der Waals surface area contributed by atoms with Crippen molar-refractivity contribution in [3.63, 3.8) is 0 Å². The monoisotopic (exact) mass is 241 g/mol. The average Bonchev–Trinajstić information content (AvgIpc) is 2.33. The molecule has 2 unspecified atom stereocenters. The minimum atomic E-state index is 0.267. The zero-order valence-corrected chi connectivity index (χ0v) is 11.3. The van der Waals surface area contributed by atoms with Crippen LogP contribution in [-0.4, -0.2) is 38.5 Å². The van der Waals surface area contributed by atoms with Gasteiger partial charge in [-0.1, -0.05) is 0 Å². The van der Waals surface area contributed by atoms with Crippen LogP contribution in [0.25, 0.3) is 0 Å². The van der Waals surface area contributed by atoms with Crippen molar-refractivity contribution in [3.8, 4) is 0 Å². The van der Waals surface area contributed by atoms with Gasteiger partial charge in [0.15, 0.2) is 0 Å². The lowest BCUT2D eigenvalue weighted by Crippen LogP contribution is -2.50. The lowest BCUT2D eigenvalue weighted by Gasteiger charge is -2.48. The Kier molecular flexibility index (Phi) is 4.83. The molecule has 2 atom stereocenters. The van der Waals surface area contributed by atoms with Gasteiger partial charge in [-0.05, 0) is 58.4 Å². The summed E-state index contributed by atoms with van der Waals surface area (Å²) in [7, 11) is 2.08. The van der Waals surface area contributed by atoms with Crippen molar-refractivity contribution in [1.29, 1.82) is 0 Å². The second-order valence-corrected chi connectivity index (χ2v) is 5.52. The smallest absolute Gasteiger partial charge is 0.0685 e. The Morgan fingerprint density at radius 3 is 2.88 bits per heavy atom. The number of nitrogens with one attached hydrogen (secondary N) is 1. The van der Waals surface area contributed by atoms with Crippen LogP contribution in [0.2, 0.25) is 0 Å². The fraction of sp³-hybridized carbons (Fsp3) is 1.00. The van der Waals surface area contributed by atoms with Crippen molar-refractivity contribution in [2.24, 2.45) is 5.92 Å². The quantitative estimate of drug-likeness (QED) is 0.724.